The summed E-state index contributed by atoms with van der Waals surface area (Å²) in [5.41, 5.74) is 0. The lowest BCUT2D eigenvalue weighted by atomic mass is 10.5. The zero-order valence-electron chi connectivity index (χ0n) is 8.57. The summed E-state index contributed by atoms with van der Waals surface area (Å²) in [6, 6.07) is 0. The molecule has 0 unspecified atom stereocenters. The molecule has 0 saturated heterocycles. The lowest BCUT2D eigenvalue weighted by molar-refractivity contribution is -0.127. The standard InChI is InChI=1S/C8H14N4O2/c1-6-10-7(11-14-6)4-9-5-8(13)12(2)3/h9H,4-5H2,1-3H3. The van der Waals surface area contributed by atoms with Gasteiger partial charge in [-0.1, -0.05) is 5.16 Å². The molecule has 1 N–H and O–H groups in total. The van der Waals surface area contributed by atoms with E-state index in [1.807, 2.05) is 0 Å². The van der Waals surface area contributed by atoms with Gasteiger partial charge in [0.2, 0.25) is 11.8 Å². The lowest BCUT2D eigenvalue weighted by Crippen LogP contribution is -2.32. The Morgan fingerprint density at radius 3 is 2.79 bits per heavy atom. The van der Waals surface area contributed by atoms with E-state index in [-0.39, 0.29) is 12.5 Å². The molecule has 1 aromatic heterocycles. The first kappa shape index (κ1) is 10.6. The fourth-order valence-corrected chi connectivity index (χ4v) is 0.852. The van der Waals surface area contributed by atoms with Gasteiger partial charge in [-0.05, 0) is 0 Å². The quantitative estimate of drug-likeness (QED) is 0.710. The van der Waals surface area contributed by atoms with Crippen LogP contribution in [-0.4, -0.2) is 41.6 Å². The Balaban J connectivity index is 2.25. The topological polar surface area (TPSA) is 71.3 Å². The van der Waals surface area contributed by atoms with E-state index in [1.165, 1.54) is 4.90 Å². The number of hydrogen-bond donors (Lipinski definition) is 1. The van der Waals surface area contributed by atoms with Crippen molar-refractivity contribution in [1.82, 2.24) is 20.4 Å². The number of carbonyl (C=O) groups is 1. The number of hydrogen-bond acceptors (Lipinski definition) is 5. The second-order valence-electron chi connectivity index (χ2n) is 3.12. The normalized spacial score (nSPS) is 10.2. The first-order chi connectivity index (χ1) is 6.59. The number of amides is 1. The molecule has 0 spiro atoms. The molecule has 0 aromatic carbocycles. The third-order valence-electron chi connectivity index (χ3n) is 1.63. The maximum Gasteiger partial charge on any atom is 0.236 e. The van der Waals surface area contributed by atoms with Crippen molar-refractivity contribution in [2.45, 2.75) is 13.5 Å². The van der Waals surface area contributed by atoms with Gasteiger partial charge < -0.3 is 14.7 Å². The first-order valence-corrected chi connectivity index (χ1v) is 4.29. The predicted molar refractivity (Wildman–Crippen MR) is 49.4 cm³/mol. The van der Waals surface area contributed by atoms with Crippen molar-refractivity contribution in [3.8, 4) is 0 Å². The van der Waals surface area contributed by atoms with Crippen molar-refractivity contribution in [3.63, 3.8) is 0 Å². The van der Waals surface area contributed by atoms with Crippen LogP contribution in [0.25, 0.3) is 0 Å². The van der Waals surface area contributed by atoms with E-state index in [0.717, 1.165) is 0 Å². The minimum atomic E-state index is 0.0187. The summed E-state index contributed by atoms with van der Waals surface area (Å²) in [6.07, 6.45) is 0. The SMILES string of the molecule is Cc1nc(CNCC(=O)N(C)C)no1. The Morgan fingerprint density at radius 1 is 1.57 bits per heavy atom. The van der Waals surface area contributed by atoms with E-state index in [2.05, 4.69) is 15.5 Å². The number of aromatic nitrogens is 2. The van der Waals surface area contributed by atoms with Crippen LogP contribution in [0, 0.1) is 6.92 Å². The maximum atomic E-state index is 11.1. The van der Waals surface area contributed by atoms with Gasteiger partial charge in [0.25, 0.3) is 0 Å². The van der Waals surface area contributed by atoms with Gasteiger partial charge in [-0.25, -0.2) is 0 Å². The van der Waals surface area contributed by atoms with E-state index < -0.39 is 0 Å². The van der Waals surface area contributed by atoms with Crippen LogP contribution >= 0.6 is 0 Å². The number of carbonyl (C=O) groups excluding carboxylic acids is 1. The third-order valence-corrected chi connectivity index (χ3v) is 1.63. The zero-order chi connectivity index (χ0) is 10.6. The highest BCUT2D eigenvalue weighted by Gasteiger charge is 2.05. The summed E-state index contributed by atoms with van der Waals surface area (Å²) < 4.78 is 4.77. The summed E-state index contributed by atoms with van der Waals surface area (Å²) in [5, 5.41) is 6.60. The van der Waals surface area contributed by atoms with Gasteiger partial charge in [0, 0.05) is 21.0 Å². The summed E-state index contributed by atoms with van der Waals surface area (Å²) >= 11 is 0. The molecule has 78 valence electrons. The summed E-state index contributed by atoms with van der Waals surface area (Å²) in [5.74, 6) is 1.11. The monoisotopic (exact) mass is 198 g/mol. The molecule has 6 nitrogen and oxygen atoms in total. The molecule has 14 heavy (non-hydrogen) atoms. The van der Waals surface area contributed by atoms with Crippen LogP contribution in [-0.2, 0) is 11.3 Å². The van der Waals surface area contributed by atoms with Gasteiger partial charge in [-0.3, -0.25) is 4.79 Å². The van der Waals surface area contributed by atoms with E-state index in [1.54, 1.807) is 21.0 Å². The van der Waals surface area contributed by atoms with Crippen molar-refractivity contribution < 1.29 is 9.32 Å². The van der Waals surface area contributed by atoms with Crippen LogP contribution in [0.2, 0.25) is 0 Å². The molecule has 6 heteroatoms. The van der Waals surface area contributed by atoms with Gasteiger partial charge in [0.15, 0.2) is 5.82 Å². The Bertz CT molecular complexity index is 308. The van der Waals surface area contributed by atoms with Crippen LogP contribution in [0.4, 0.5) is 0 Å². The van der Waals surface area contributed by atoms with Crippen LogP contribution in [0.5, 0.6) is 0 Å². The Hall–Kier alpha value is -1.43. The smallest absolute Gasteiger partial charge is 0.236 e. The summed E-state index contributed by atoms with van der Waals surface area (Å²) in [6.45, 7) is 2.44. The van der Waals surface area contributed by atoms with Crippen LogP contribution in [0.3, 0.4) is 0 Å². The van der Waals surface area contributed by atoms with Crippen LogP contribution in [0.1, 0.15) is 11.7 Å². The van der Waals surface area contributed by atoms with Crippen LogP contribution in [0.15, 0.2) is 4.52 Å². The molecule has 0 atom stereocenters. The molecule has 0 aliphatic rings. The van der Waals surface area contributed by atoms with Gasteiger partial charge in [0.1, 0.15) is 0 Å². The van der Waals surface area contributed by atoms with Crippen LogP contribution < -0.4 is 5.32 Å². The van der Waals surface area contributed by atoms with E-state index >= 15 is 0 Å². The second kappa shape index (κ2) is 4.71. The molecule has 0 radical (unpaired) electrons. The molecule has 1 aromatic rings. The van der Waals surface area contributed by atoms with Crippen molar-refractivity contribution in [1.29, 1.82) is 0 Å². The molecule has 0 aliphatic heterocycles. The molecule has 0 bridgehead atoms. The predicted octanol–water partition coefficient (Wildman–Crippen LogP) is -0.444. The molecule has 1 heterocycles. The summed E-state index contributed by atoms with van der Waals surface area (Å²) in [4.78, 5) is 16.6. The number of likely N-dealkylation sites (N-methyl/N-ethyl adjacent to an activating group) is 1. The first-order valence-electron chi connectivity index (χ1n) is 4.29. The third kappa shape index (κ3) is 3.14. The highest BCUT2D eigenvalue weighted by Crippen LogP contribution is 1.93. The molecule has 0 saturated carbocycles. The van der Waals surface area contributed by atoms with E-state index in [0.29, 0.717) is 18.3 Å². The second-order valence-corrected chi connectivity index (χ2v) is 3.12. The molecule has 0 fully saturated rings. The fourth-order valence-electron chi connectivity index (χ4n) is 0.852. The molecule has 1 amide bonds. The minimum absolute atomic E-state index is 0.0187. The number of rotatable bonds is 4. The van der Waals surface area contributed by atoms with Crippen molar-refractivity contribution in [2.75, 3.05) is 20.6 Å². The minimum Gasteiger partial charge on any atom is -0.348 e. The average molecular weight is 198 g/mol. The molecular formula is C8H14N4O2. The Kier molecular flexibility index (Phi) is 3.58. The van der Waals surface area contributed by atoms with Gasteiger partial charge >= 0.3 is 0 Å². The highest BCUT2D eigenvalue weighted by molar-refractivity contribution is 5.77. The summed E-state index contributed by atoms with van der Waals surface area (Å²) in [7, 11) is 3.42. The van der Waals surface area contributed by atoms with Crippen molar-refractivity contribution in [2.24, 2.45) is 0 Å². The maximum absolute atomic E-state index is 11.1. The molecule has 0 aliphatic carbocycles. The number of nitrogens with one attached hydrogen (secondary N) is 1. The largest absolute Gasteiger partial charge is 0.348 e. The van der Waals surface area contributed by atoms with Gasteiger partial charge in [-0.2, -0.15) is 4.98 Å². The average Bonchev–Trinajstić information content (AvgIpc) is 2.51. The molecule has 1 rings (SSSR count). The Morgan fingerprint density at radius 2 is 2.29 bits per heavy atom. The number of aryl methyl sites for hydroxylation is 1. The molecular weight excluding hydrogens is 184 g/mol. The fraction of sp³-hybridized carbons (Fsp3) is 0.625. The Labute approximate surface area is 82.3 Å². The lowest BCUT2D eigenvalue weighted by Gasteiger charge is -2.09. The highest BCUT2D eigenvalue weighted by atomic mass is 16.5. The zero-order valence-corrected chi connectivity index (χ0v) is 8.57. The van der Waals surface area contributed by atoms with Crippen molar-refractivity contribution >= 4 is 5.91 Å². The van der Waals surface area contributed by atoms with E-state index in [9.17, 15) is 4.79 Å². The van der Waals surface area contributed by atoms with Crippen molar-refractivity contribution in [3.05, 3.63) is 11.7 Å². The van der Waals surface area contributed by atoms with Gasteiger partial charge in [-0.15, -0.1) is 0 Å². The van der Waals surface area contributed by atoms with Gasteiger partial charge in [0.05, 0.1) is 13.1 Å². The number of nitrogens with zero attached hydrogens (tertiary/aromatic N) is 3. The van der Waals surface area contributed by atoms with E-state index in [4.69, 9.17) is 4.52 Å².